The minimum Gasteiger partial charge on any atom is -0.492 e. The molecule has 0 amide bonds. The molecule has 0 saturated heterocycles. The zero-order valence-corrected chi connectivity index (χ0v) is 32.1. The Hall–Kier alpha value is -4.41. The van der Waals surface area contributed by atoms with Crippen LogP contribution in [-0.2, 0) is 24.6 Å². The van der Waals surface area contributed by atoms with Gasteiger partial charge in [-0.15, -0.1) is 0 Å². The number of aliphatic hydroxyl groups excluding tert-OH is 2. The van der Waals surface area contributed by atoms with Crippen LogP contribution in [0.25, 0.3) is 11.1 Å². The van der Waals surface area contributed by atoms with Gasteiger partial charge in [-0.05, 0) is 75.5 Å². The van der Waals surface area contributed by atoms with Crippen LogP contribution in [0.1, 0.15) is 54.5 Å². The molecular formula is C40H48Cl2N4O7. The number of benzene rings is 3. The minimum absolute atomic E-state index is 0.0454. The molecule has 0 spiro atoms. The Morgan fingerprint density at radius 1 is 0.925 bits per heavy atom. The molecule has 0 aliphatic heterocycles. The van der Waals surface area contributed by atoms with Gasteiger partial charge in [-0.3, -0.25) is 9.78 Å². The molecule has 0 atom stereocenters. The fraction of sp³-hybridized carbons (Fsp3) is 0.375. The summed E-state index contributed by atoms with van der Waals surface area (Å²) in [6.45, 7) is 8.82. The lowest BCUT2D eigenvalue weighted by Crippen LogP contribution is -2.42. The van der Waals surface area contributed by atoms with Gasteiger partial charge in [-0.2, -0.15) is 5.26 Å². The fourth-order valence-corrected chi connectivity index (χ4v) is 5.75. The van der Waals surface area contributed by atoms with Crippen molar-refractivity contribution in [3.63, 3.8) is 0 Å². The highest BCUT2D eigenvalue weighted by molar-refractivity contribution is 6.35. The lowest BCUT2D eigenvalue weighted by molar-refractivity contribution is -0.122. The topological polar surface area (TPSA) is 157 Å². The summed E-state index contributed by atoms with van der Waals surface area (Å²) in [6.07, 6.45) is 4.76. The van der Waals surface area contributed by atoms with E-state index in [0.29, 0.717) is 46.0 Å². The van der Waals surface area contributed by atoms with E-state index in [1.807, 2.05) is 64.2 Å². The molecule has 0 unspecified atom stereocenters. The number of aromatic nitrogens is 1. The maximum Gasteiger partial charge on any atom is 0.290 e. The molecule has 1 heterocycles. The first-order valence-electron chi connectivity index (χ1n) is 17.1. The smallest absolute Gasteiger partial charge is 0.290 e. The van der Waals surface area contributed by atoms with Crippen molar-refractivity contribution in [3.05, 3.63) is 105 Å². The summed E-state index contributed by atoms with van der Waals surface area (Å²) >= 11 is 13.7. The van der Waals surface area contributed by atoms with Gasteiger partial charge in [0.15, 0.2) is 0 Å². The summed E-state index contributed by atoms with van der Waals surface area (Å²) in [7, 11) is 2.04. The van der Waals surface area contributed by atoms with Crippen LogP contribution in [-0.4, -0.2) is 77.2 Å². The predicted octanol–water partition coefficient (Wildman–Crippen LogP) is 7.04. The highest BCUT2D eigenvalue weighted by atomic mass is 35.5. The summed E-state index contributed by atoms with van der Waals surface area (Å²) in [4.78, 5) is 14.7. The van der Waals surface area contributed by atoms with Crippen molar-refractivity contribution in [2.45, 2.75) is 58.9 Å². The van der Waals surface area contributed by atoms with E-state index in [4.69, 9.17) is 52.4 Å². The van der Waals surface area contributed by atoms with Crippen molar-refractivity contribution in [3.8, 4) is 34.4 Å². The molecule has 4 aromatic rings. The van der Waals surface area contributed by atoms with Crippen LogP contribution in [0.4, 0.5) is 0 Å². The Labute approximate surface area is 321 Å². The summed E-state index contributed by atoms with van der Waals surface area (Å²) in [5.74, 6) is 1.64. The number of nitriles is 1. The summed E-state index contributed by atoms with van der Waals surface area (Å²) < 4.78 is 18.6. The number of aliphatic hydroxyl groups is 2. The molecule has 0 fully saturated rings. The number of carbonyl (C=O) groups is 1. The van der Waals surface area contributed by atoms with Gasteiger partial charge in [-0.1, -0.05) is 53.5 Å². The average molecular weight is 768 g/mol. The number of halogens is 2. The third-order valence-electron chi connectivity index (χ3n) is 8.31. The molecule has 53 heavy (non-hydrogen) atoms. The Kier molecular flexibility index (Phi) is 17.8. The van der Waals surface area contributed by atoms with E-state index in [9.17, 15) is 10.4 Å². The number of ether oxygens (including phenoxy) is 3. The number of nitrogens with one attached hydrogen (secondary N) is 1. The molecule has 284 valence electrons. The molecule has 0 bridgehead atoms. The number of carboxylic acid groups (broad SMARTS) is 1. The summed E-state index contributed by atoms with van der Waals surface area (Å²) in [5.41, 5.74) is 5.29. The molecule has 3 aromatic carbocycles. The highest BCUT2D eigenvalue weighted by Crippen LogP contribution is 2.39. The van der Waals surface area contributed by atoms with Crippen molar-refractivity contribution < 1.29 is 34.3 Å². The van der Waals surface area contributed by atoms with Crippen LogP contribution in [0.5, 0.6) is 17.2 Å². The van der Waals surface area contributed by atoms with Crippen molar-refractivity contribution in [2.24, 2.45) is 0 Å². The summed E-state index contributed by atoms with van der Waals surface area (Å²) in [5, 5.41) is 39.3. The first kappa shape index (κ1) is 43.0. The second-order valence-corrected chi connectivity index (χ2v) is 13.7. The zero-order chi connectivity index (χ0) is 38.8. The molecule has 0 aliphatic carbocycles. The summed E-state index contributed by atoms with van der Waals surface area (Å²) in [6, 6.07) is 19.2. The zero-order valence-electron chi connectivity index (χ0n) is 30.6. The normalized spacial score (nSPS) is 11.0. The molecule has 4 N–H and O–H groups in total. The standard InChI is InChI=1S/C39H46Cl2N4O5.CH2O2/c1-27-30(9-5-10-32(27)33-11-6-12-35(38(33)41)48-16-8-14-45(4)13-7-15-46)25-50-37-19-36(49-24-29-17-28(20-42)21-43-22-29)31(18-34(37)40)23-44-39(2,3)26-47;2-1-3/h5-6,9-12,17-19,21-22,44,46-47H,7-8,13-16,23-26H2,1-4H3;1H,(H,2,3). The lowest BCUT2D eigenvalue weighted by atomic mass is 9.96. The van der Waals surface area contributed by atoms with Crippen LogP contribution >= 0.6 is 23.2 Å². The van der Waals surface area contributed by atoms with Gasteiger partial charge in [0, 0.05) is 66.9 Å². The first-order chi connectivity index (χ1) is 25.5. The fourth-order valence-electron chi connectivity index (χ4n) is 5.22. The van der Waals surface area contributed by atoms with Gasteiger partial charge >= 0.3 is 0 Å². The number of nitrogens with zero attached hydrogens (tertiary/aromatic N) is 3. The van der Waals surface area contributed by atoms with Crippen LogP contribution < -0.4 is 19.5 Å². The highest BCUT2D eigenvalue weighted by Gasteiger charge is 2.19. The van der Waals surface area contributed by atoms with Crippen molar-refractivity contribution in [1.29, 1.82) is 5.26 Å². The Balaban J connectivity index is 0.00000243. The van der Waals surface area contributed by atoms with E-state index in [-0.39, 0.29) is 32.9 Å². The van der Waals surface area contributed by atoms with Crippen molar-refractivity contribution in [2.75, 3.05) is 40.0 Å². The number of hydrogen-bond acceptors (Lipinski definition) is 10. The van der Waals surface area contributed by atoms with Gasteiger partial charge in [0.2, 0.25) is 0 Å². The molecule has 11 nitrogen and oxygen atoms in total. The molecule has 0 aliphatic rings. The Bertz CT molecular complexity index is 1820. The predicted molar refractivity (Wildman–Crippen MR) is 207 cm³/mol. The average Bonchev–Trinajstić information content (AvgIpc) is 3.15. The van der Waals surface area contributed by atoms with Crippen LogP contribution in [0.3, 0.4) is 0 Å². The number of hydrogen-bond donors (Lipinski definition) is 4. The third-order valence-corrected chi connectivity index (χ3v) is 8.99. The monoisotopic (exact) mass is 766 g/mol. The van der Waals surface area contributed by atoms with Crippen LogP contribution in [0.2, 0.25) is 10.0 Å². The number of pyridine rings is 1. The van der Waals surface area contributed by atoms with Gasteiger partial charge in [0.05, 0.1) is 28.8 Å². The number of rotatable bonds is 19. The van der Waals surface area contributed by atoms with Crippen molar-refractivity contribution >= 4 is 29.7 Å². The molecule has 0 saturated carbocycles. The van der Waals surface area contributed by atoms with Gasteiger partial charge in [0.1, 0.15) is 36.5 Å². The second-order valence-electron chi connectivity index (χ2n) is 13.0. The van der Waals surface area contributed by atoms with Gasteiger partial charge in [0.25, 0.3) is 6.47 Å². The first-order valence-corrected chi connectivity index (χ1v) is 17.9. The van der Waals surface area contributed by atoms with E-state index >= 15 is 0 Å². The van der Waals surface area contributed by atoms with E-state index in [1.54, 1.807) is 24.4 Å². The molecular weight excluding hydrogens is 719 g/mol. The minimum atomic E-state index is -0.515. The largest absolute Gasteiger partial charge is 0.492 e. The van der Waals surface area contributed by atoms with Gasteiger partial charge in [-0.25, -0.2) is 0 Å². The van der Waals surface area contributed by atoms with E-state index in [0.717, 1.165) is 59.3 Å². The van der Waals surface area contributed by atoms with E-state index < -0.39 is 5.54 Å². The van der Waals surface area contributed by atoms with E-state index in [1.165, 1.54) is 6.20 Å². The molecule has 13 heteroatoms. The quantitative estimate of drug-likeness (QED) is 0.0573. The SMILES string of the molecule is Cc1c(COc2cc(OCc3cncc(C#N)c3)c(CNC(C)(C)CO)cc2Cl)cccc1-c1cccc(OCCCN(C)CCCO)c1Cl.O=CO. The van der Waals surface area contributed by atoms with Crippen LogP contribution in [0.15, 0.2) is 67.0 Å². The molecule has 4 rings (SSSR count). The lowest BCUT2D eigenvalue weighted by Gasteiger charge is -2.25. The van der Waals surface area contributed by atoms with E-state index in [2.05, 4.69) is 21.3 Å². The second kappa shape index (κ2) is 22.0. The van der Waals surface area contributed by atoms with Crippen LogP contribution in [0, 0.1) is 18.3 Å². The molecule has 1 aromatic heterocycles. The maximum absolute atomic E-state index is 9.75. The third kappa shape index (κ3) is 13.5. The van der Waals surface area contributed by atoms with Gasteiger partial charge < -0.3 is 39.7 Å². The van der Waals surface area contributed by atoms with Crippen molar-refractivity contribution in [1.82, 2.24) is 15.2 Å². The molecule has 0 radical (unpaired) electrons. The maximum atomic E-state index is 9.75. The Morgan fingerprint density at radius 3 is 2.34 bits per heavy atom. The Morgan fingerprint density at radius 2 is 1.62 bits per heavy atom.